The second kappa shape index (κ2) is 4.75. The molecule has 4 aliphatic rings. The number of carbonyl (C=O) groups is 1. The smallest absolute Gasteiger partial charge is 0.450 e. The van der Waals surface area contributed by atoms with E-state index in [1.54, 1.807) is 0 Å². The fourth-order valence-electron chi connectivity index (χ4n) is 5.36. The quantitative estimate of drug-likeness (QED) is 0.592. The van der Waals surface area contributed by atoms with Crippen molar-refractivity contribution in [2.45, 2.75) is 57.8 Å². The number of carboxylic acid groups (broad SMARTS) is 1. The highest BCUT2D eigenvalue weighted by Gasteiger charge is 2.50. The lowest BCUT2D eigenvalue weighted by Crippen LogP contribution is -2.45. The number of hydrogen-bond acceptors (Lipinski definition) is 2. The molecule has 0 aromatic carbocycles. The molecule has 0 saturated heterocycles. The highest BCUT2D eigenvalue weighted by molar-refractivity contribution is 5.56. The Kier molecular flexibility index (Phi) is 3.25. The molecule has 0 aliphatic heterocycles. The van der Waals surface area contributed by atoms with Gasteiger partial charge in [-0.15, -0.1) is 0 Å². The van der Waals surface area contributed by atoms with E-state index in [0.717, 1.165) is 30.6 Å². The molecule has 0 heterocycles. The van der Waals surface area contributed by atoms with Crippen molar-refractivity contribution in [1.82, 2.24) is 0 Å². The van der Waals surface area contributed by atoms with E-state index in [1.165, 1.54) is 44.9 Å². The van der Waals surface area contributed by atoms with E-state index in [2.05, 4.69) is 4.74 Å². The van der Waals surface area contributed by atoms with Crippen LogP contribution >= 0.6 is 0 Å². The first-order chi connectivity index (χ1) is 8.65. The van der Waals surface area contributed by atoms with Crippen LogP contribution in [0.5, 0.6) is 0 Å². The summed E-state index contributed by atoms with van der Waals surface area (Å²) in [6.07, 6.45) is 11.1. The molecule has 3 heteroatoms. The lowest BCUT2D eigenvalue weighted by molar-refractivity contribution is -0.0587. The van der Waals surface area contributed by atoms with Crippen molar-refractivity contribution in [2.75, 3.05) is 6.61 Å². The summed E-state index contributed by atoms with van der Waals surface area (Å²) < 4.78 is 4.58. The number of rotatable bonds is 5. The summed E-state index contributed by atoms with van der Waals surface area (Å²) in [5, 5.41) is 8.42. The normalized spacial score (nSPS) is 41.0. The van der Waals surface area contributed by atoms with E-state index in [-0.39, 0.29) is 0 Å². The average molecular weight is 252 g/mol. The molecule has 4 bridgehead atoms. The lowest BCUT2D eigenvalue weighted by atomic mass is 9.48. The van der Waals surface area contributed by atoms with Gasteiger partial charge in [0.2, 0.25) is 0 Å². The molecule has 0 radical (unpaired) electrons. The maximum atomic E-state index is 10.3. The van der Waals surface area contributed by atoms with E-state index in [1.807, 2.05) is 0 Å². The molecule has 0 aromatic heterocycles. The van der Waals surface area contributed by atoms with E-state index in [4.69, 9.17) is 5.11 Å². The van der Waals surface area contributed by atoms with Crippen molar-refractivity contribution in [3.63, 3.8) is 0 Å². The monoisotopic (exact) mass is 252 g/mol. The van der Waals surface area contributed by atoms with Gasteiger partial charge < -0.3 is 9.84 Å². The second-order valence-electron chi connectivity index (χ2n) is 6.99. The Hall–Kier alpha value is -0.730. The second-order valence-corrected chi connectivity index (χ2v) is 6.99. The summed E-state index contributed by atoms with van der Waals surface area (Å²) in [5.41, 5.74) is 0.637. The molecule has 0 unspecified atom stereocenters. The lowest BCUT2D eigenvalue weighted by Gasteiger charge is -2.57. The minimum absolute atomic E-state index is 0.377. The maximum Gasteiger partial charge on any atom is 0.505 e. The molecular formula is C15H24O3. The number of hydrogen-bond donors (Lipinski definition) is 1. The molecule has 0 atom stereocenters. The maximum absolute atomic E-state index is 10.3. The summed E-state index contributed by atoms with van der Waals surface area (Å²) >= 11 is 0. The van der Waals surface area contributed by atoms with E-state index >= 15 is 0 Å². The van der Waals surface area contributed by atoms with Crippen LogP contribution < -0.4 is 0 Å². The third-order valence-corrected chi connectivity index (χ3v) is 5.49. The topological polar surface area (TPSA) is 46.5 Å². The zero-order chi connectivity index (χ0) is 12.6. The van der Waals surface area contributed by atoms with E-state index in [0.29, 0.717) is 12.0 Å². The van der Waals surface area contributed by atoms with Gasteiger partial charge in [0.05, 0.1) is 6.61 Å². The summed E-state index contributed by atoms with van der Waals surface area (Å²) in [7, 11) is 0. The molecule has 4 saturated carbocycles. The molecule has 3 nitrogen and oxygen atoms in total. The first-order valence-corrected chi connectivity index (χ1v) is 7.51. The molecular weight excluding hydrogens is 228 g/mol. The predicted octanol–water partition coefficient (Wildman–Crippen LogP) is 4.07. The molecule has 18 heavy (non-hydrogen) atoms. The Morgan fingerprint density at radius 3 is 2.11 bits per heavy atom. The van der Waals surface area contributed by atoms with Gasteiger partial charge in [-0.2, -0.15) is 0 Å². The van der Waals surface area contributed by atoms with Crippen LogP contribution in [0.3, 0.4) is 0 Å². The highest BCUT2D eigenvalue weighted by Crippen LogP contribution is 2.61. The minimum Gasteiger partial charge on any atom is -0.450 e. The van der Waals surface area contributed by atoms with Gasteiger partial charge in [-0.05, 0) is 81.0 Å². The largest absolute Gasteiger partial charge is 0.505 e. The third-order valence-electron chi connectivity index (χ3n) is 5.49. The van der Waals surface area contributed by atoms with Crippen LogP contribution in [0, 0.1) is 23.2 Å². The Balaban J connectivity index is 1.46. The predicted molar refractivity (Wildman–Crippen MR) is 68.4 cm³/mol. The molecule has 0 spiro atoms. The number of unbranched alkanes of at least 4 members (excludes halogenated alkanes) is 1. The molecule has 4 aliphatic carbocycles. The Bertz CT molecular complexity index is 288. The van der Waals surface area contributed by atoms with Crippen molar-refractivity contribution in [1.29, 1.82) is 0 Å². The summed E-state index contributed by atoms with van der Waals surface area (Å²) in [5.74, 6) is 3.06. The van der Waals surface area contributed by atoms with Crippen molar-refractivity contribution < 1.29 is 14.6 Å². The van der Waals surface area contributed by atoms with Crippen LogP contribution in [0.1, 0.15) is 57.8 Å². The minimum atomic E-state index is -1.13. The zero-order valence-electron chi connectivity index (χ0n) is 11.1. The van der Waals surface area contributed by atoms with E-state index in [9.17, 15) is 4.79 Å². The first-order valence-electron chi connectivity index (χ1n) is 7.51. The van der Waals surface area contributed by atoms with Gasteiger partial charge in [0, 0.05) is 0 Å². The fraction of sp³-hybridized carbons (Fsp3) is 0.933. The van der Waals surface area contributed by atoms with Crippen LogP contribution in [-0.2, 0) is 4.74 Å². The zero-order valence-corrected chi connectivity index (χ0v) is 11.1. The van der Waals surface area contributed by atoms with Gasteiger partial charge in [0.1, 0.15) is 0 Å². The fourth-order valence-corrected chi connectivity index (χ4v) is 5.36. The molecule has 4 rings (SSSR count). The van der Waals surface area contributed by atoms with Gasteiger partial charge in [-0.25, -0.2) is 4.79 Å². The standard InChI is InChI=1S/C15H24O3/c16-14(17)18-4-2-1-3-15-8-11-5-12(9-15)7-13(6-11)10-15/h11-13H,1-10H2,(H,16,17). The molecule has 0 amide bonds. The van der Waals surface area contributed by atoms with Gasteiger partial charge in [0.25, 0.3) is 0 Å². The van der Waals surface area contributed by atoms with Crippen molar-refractivity contribution >= 4 is 6.16 Å². The van der Waals surface area contributed by atoms with E-state index < -0.39 is 6.16 Å². The van der Waals surface area contributed by atoms with Crippen molar-refractivity contribution in [3.8, 4) is 0 Å². The molecule has 1 N–H and O–H groups in total. The van der Waals surface area contributed by atoms with Crippen LogP contribution in [0.15, 0.2) is 0 Å². The van der Waals surface area contributed by atoms with Crippen LogP contribution in [0.4, 0.5) is 4.79 Å². The first kappa shape index (κ1) is 12.3. The molecule has 102 valence electrons. The van der Waals surface area contributed by atoms with Crippen LogP contribution in [-0.4, -0.2) is 17.9 Å². The SMILES string of the molecule is O=C(O)OCCCCC12CC3CC(CC(C3)C1)C2. The Labute approximate surface area is 109 Å². The molecule has 4 fully saturated rings. The van der Waals surface area contributed by atoms with Crippen LogP contribution in [0.25, 0.3) is 0 Å². The number of ether oxygens (including phenoxy) is 1. The Morgan fingerprint density at radius 1 is 1.06 bits per heavy atom. The van der Waals surface area contributed by atoms with Gasteiger partial charge in [0.15, 0.2) is 0 Å². The average Bonchev–Trinajstić information content (AvgIpc) is 2.25. The van der Waals surface area contributed by atoms with Crippen molar-refractivity contribution in [3.05, 3.63) is 0 Å². The summed E-state index contributed by atoms with van der Waals surface area (Å²) in [6, 6.07) is 0. The highest BCUT2D eigenvalue weighted by atomic mass is 16.7. The van der Waals surface area contributed by atoms with Gasteiger partial charge >= 0.3 is 6.16 Å². The van der Waals surface area contributed by atoms with Crippen molar-refractivity contribution in [2.24, 2.45) is 23.2 Å². The molecule has 0 aromatic rings. The summed E-state index contributed by atoms with van der Waals surface area (Å²) in [4.78, 5) is 10.3. The third kappa shape index (κ3) is 2.50. The summed E-state index contributed by atoms with van der Waals surface area (Å²) in [6.45, 7) is 0.377. The van der Waals surface area contributed by atoms with Gasteiger partial charge in [-0.1, -0.05) is 0 Å². The van der Waals surface area contributed by atoms with Crippen LogP contribution in [0.2, 0.25) is 0 Å². The van der Waals surface area contributed by atoms with Gasteiger partial charge in [-0.3, -0.25) is 0 Å². The Morgan fingerprint density at radius 2 is 1.61 bits per heavy atom.